The zero-order chi connectivity index (χ0) is 17.2. The van der Waals surface area contributed by atoms with E-state index in [0.29, 0.717) is 12.8 Å². The van der Waals surface area contributed by atoms with Crippen LogP contribution < -0.4 is 4.74 Å². The number of esters is 1. The van der Waals surface area contributed by atoms with Crippen LogP contribution in [0, 0.1) is 13.8 Å². The predicted molar refractivity (Wildman–Crippen MR) is 82.8 cm³/mol. The van der Waals surface area contributed by atoms with Crippen LogP contribution in [0.15, 0.2) is 6.07 Å². The summed E-state index contributed by atoms with van der Waals surface area (Å²) in [6, 6.07) is 1.72. The van der Waals surface area contributed by atoms with Gasteiger partial charge in [-0.05, 0) is 56.4 Å². The molecule has 1 aliphatic rings. The van der Waals surface area contributed by atoms with Crippen LogP contribution in [0.4, 0.5) is 0 Å². The molecule has 1 heterocycles. The highest BCUT2D eigenvalue weighted by Crippen LogP contribution is 2.40. The van der Waals surface area contributed by atoms with E-state index in [2.05, 4.69) is 0 Å². The first-order chi connectivity index (χ1) is 10.7. The summed E-state index contributed by atoms with van der Waals surface area (Å²) >= 11 is 0. The van der Waals surface area contributed by atoms with E-state index >= 15 is 0 Å². The summed E-state index contributed by atoms with van der Waals surface area (Å²) in [4.78, 5) is 22.0. The molecule has 0 fully saturated rings. The number of phenolic OH excluding ortho intramolecular Hbond substituents is 1. The Morgan fingerprint density at radius 2 is 2.00 bits per heavy atom. The highest BCUT2D eigenvalue weighted by atomic mass is 16.6. The first kappa shape index (κ1) is 17.1. The lowest BCUT2D eigenvalue weighted by Gasteiger charge is -2.36. The van der Waals surface area contributed by atoms with Crippen LogP contribution in [0.5, 0.6) is 11.5 Å². The number of hydrogen-bond acceptors (Lipinski definition) is 5. The molecule has 23 heavy (non-hydrogen) atoms. The minimum atomic E-state index is -1.03. The maximum atomic E-state index is 11.6. The van der Waals surface area contributed by atoms with Crippen LogP contribution in [-0.4, -0.2) is 34.4 Å². The minimum Gasteiger partial charge on any atom is -0.508 e. The number of aliphatic carboxylic acids is 1. The largest absolute Gasteiger partial charge is 0.508 e. The van der Waals surface area contributed by atoms with Gasteiger partial charge in [-0.1, -0.05) is 0 Å². The van der Waals surface area contributed by atoms with Crippen LogP contribution in [0.25, 0.3) is 0 Å². The lowest BCUT2D eigenvalue weighted by Crippen LogP contribution is -2.42. The molecular weight excluding hydrogens is 300 g/mol. The van der Waals surface area contributed by atoms with E-state index in [-0.39, 0.29) is 25.2 Å². The summed E-state index contributed by atoms with van der Waals surface area (Å²) in [6.45, 7) is 5.65. The Hall–Kier alpha value is -2.24. The van der Waals surface area contributed by atoms with Gasteiger partial charge in [0.05, 0.1) is 12.8 Å². The van der Waals surface area contributed by atoms with Crippen LogP contribution in [0.1, 0.15) is 42.9 Å². The fourth-order valence-corrected chi connectivity index (χ4v) is 2.58. The van der Waals surface area contributed by atoms with Gasteiger partial charge in [-0.15, -0.1) is 0 Å². The zero-order valence-corrected chi connectivity index (χ0v) is 13.6. The molecule has 0 spiro atoms. The smallest absolute Gasteiger partial charge is 0.306 e. The van der Waals surface area contributed by atoms with Crippen LogP contribution in [-0.2, 0) is 20.7 Å². The van der Waals surface area contributed by atoms with Crippen molar-refractivity contribution in [3.8, 4) is 11.5 Å². The standard InChI is InChI=1S/C17H22O6/c1-10-11(2)16-12(8-13(10)18)6-7-17(3,23-16)9-22-15(21)5-4-14(19)20/h8,18H,4-7,9H2,1-3H3,(H,19,20)/t17-/m0/s1. The molecule has 0 aliphatic carbocycles. The van der Waals surface area contributed by atoms with Gasteiger partial charge in [-0.3, -0.25) is 9.59 Å². The number of benzene rings is 1. The Kier molecular flexibility index (Phi) is 4.82. The normalized spacial score (nSPS) is 19.6. The first-order valence-electron chi connectivity index (χ1n) is 7.60. The third-order valence-corrected chi connectivity index (χ3v) is 4.24. The number of hydrogen-bond donors (Lipinski definition) is 2. The molecule has 6 nitrogen and oxygen atoms in total. The molecule has 0 aromatic heterocycles. The Morgan fingerprint density at radius 3 is 2.65 bits per heavy atom. The third kappa shape index (κ3) is 3.94. The molecular formula is C17H22O6. The van der Waals surface area contributed by atoms with Crippen molar-refractivity contribution in [1.82, 2.24) is 0 Å². The quantitative estimate of drug-likeness (QED) is 0.809. The second kappa shape index (κ2) is 6.48. The summed E-state index contributed by atoms with van der Waals surface area (Å²) in [5.41, 5.74) is 1.94. The second-order valence-electron chi connectivity index (χ2n) is 6.24. The summed E-state index contributed by atoms with van der Waals surface area (Å²) in [7, 11) is 0. The van der Waals surface area contributed by atoms with E-state index in [0.717, 1.165) is 22.4 Å². The van der Waals surface area contributed by atoms with Gasteiger partial charge in [0.1, 0.15) is 23.7 Å². The summed E-state index contributed by atoms with van der Waals surface area (Å²) < 4.78 is 11.2. The number of carboxylic acids is 1. The van der Waals surface area contributed by atoms with Crippen molar-refractivity contribution in [2.75, 3.05) is 6.61 Å². The van der Waals surface area contributed by atoms with Gasteiger partial charge >= 0.3 is 11.9 Å². The summed E-state index contributed by atoms with van der Waals surface area (Å²) in [6.07, 6.45) is 0.978. The first-order valence-corrected chi connectivity index (χ1v) is 7.60. The van der Waals surface area contributed by atoms with Gasteiger partial charge in [-0.25, -0.2) is 0 Å². The maximum Gasteiger partial charge on any atom is 0.306 e. The second-order valence-corrected chi connectivity index (χ2v) is 6.24. The highest BCUT2D eigenvalue weighted by molar-refractivity contribution is 5.76. The fourth-order valence-electron chi connectivity index (χ4n) is 2.58. The average molecular weight is 322 g/mol. The van der Waals surface area contributed by atoms with Crippen molar-refractivity contribution < 1.29 is 29.3 Å². The van der Waals surface area contributed by atoms with Gasteiger partial charge in [0, 0.05) is 0 Å². The lowest BCUT2D eigenvalue weighted by molar-refractivity contribution is -0.152. The van der Waals surface area contributed by atoms with Crippen molar-refractivity contribution in [2.45, 2.75) is 52.1 Å². The molecule has 1 aromatic rings. The van der Waals surface area contributed by atoms with Crippen LogP contribution in [0.3, 0.4) is 0 Å². The number of carbonyl (C=O) groups excluding carboxylic acids is 1. The van der Waals surface area contributed by atoms with Crippen molar-refractivity contribution >= 4 is 11.9 Å². The Bertz CT molecular complexity index is 636. The number of carboxylic acid groups (broad SMARTS) is 1. The van der Waals surface area contributed by atoms with Crippen molar-refractivity contribution in [1.29, 1.82) is 0 Å². The van der Waals surface area contributed by atoms with Crippen molar-refractivity contribution in [3.05, 3.63) is 22.8 Å². The number of carbonyl (C=O) groups is 2. The van der Waals surface area contributed by atoms with E-state index in [4.69, 9.17) is 14.6 Å². The number of fused-ring (bicyclic) bond motifs is 1. The van der Waals surface area contributed by atoms with Gasteiger partial charge in [0.15, 0.2) is 0 Å². The molecule has 0 amide bonds. The van der Waals surface area contributed by atoms with E-state index in [1.807, 2.05) is 20.8 Å². The SMILES string of the molecule is Cc1c(O)cc2c(c1C)O[C@](C)(COC(=O)CCC(=O)O)CC2. The van der Waals surface area contributed by atoms with Gasteiger partial charge in [-0.2, -0.15) is 0 Å². The molecule has 1 atom stereocenters. The Balaban J connectivity index is 2.04. The summed E-state index contributed by atoms with van der Waals surface area (Å²) in [5.74, 6) is -0.576. The minimum absolute atomic E-state index is 0.0737. The monoisotopic (exact) mass is 322 g/mol. The van der Waals surface area contributed by atoms with E-state index in [1.165, 1.54) is 0 Å². The molecule has 0 radical (unpaired) electrons. The van der Waals surface area contributed by atoms with Crippen molar-refractivity contribution in [3.63, 3.8) is 0 Å². The average Bonchev–Trinajstić information content (AvgIpc) is 2.50. The van der Waals surface area contributed by atoms with Crippen LogP contribution >= 0.6 is 0 Å². The number of rotatable bonds is 5. The molecule has 0 bridgehead atoms. The molecule has 0 saturated heterocycles. The third-order valence-electron chi connectivity index (χ3n) is 4.24. The van der Waals surface area contributed by atoms with Gasteiger partial charge < -0.3 is 19.7 Å². The lowest BCUT2D eigenvalue weighted by atomic mass is 9.90. The van der Waals surface area contributed by atoms with E-state index < -0.39 is 17.5 Å². The number of phenols is 1. The maximum absolute atomic E-state index is 11.6. The molecule has 1 aromatic carbocycles. The highest BCUT2D eigenvalue weighted by Gasteiger charge is 2.34. The Labute approximate surface area is 135 Å². The number of aryl methyl sites for hydroxylation is 1. The molecule has 0 saturated carbocycles. The van der Waals surface area contributed by atoms with Crippen molar-refractivity contribution in [2.24, 2.45) is 0 Å². The van der Waals surface area contributed by atoms with Gasteiger partial charge in [0.2, 0.25) is 0 Å². The topological polar surface area (TPSA) is 93.1 Å². The van der Waals surface area contributed by atoms with E-state index in [1.54, 1.807) is 6.07 Å². The summed E-state index contributed by atoms with van der Waals surface area (Å²) in [5, 5.41) is 18.5. The predicted octanol–water partition coefficient (Wildman–Crippen LogP) is 2.50. The molecule has 1 aliphatic heterocycles. The van der Waals surface area contributed by atoms with Gasteiger partial charge in [0.25, 0.3) is 0 Å². The molecule has 2 N–H and O–H groups in total. The Morgan fingerprint density at radius 1 is 1.30 bits per heavy atom. The molecule has 2 rings (SSSR count). The number of aromatic hydroxyl groups is 1. The molecule has 0 unspecified atom stereocenters. The number of ether oxygens (including phenoxy) is 2. The van der Waals surface area contributed by atoms with E-state index in [9.17, 15) is 14.7 Å². The zero-order valence-electron chi connectivity index (χ0n) is 13.6. The van der Waals surface area contributed by atoms with Crippen LogP contribution in [0.2, 0.25) is 0 Å². The fraction of sp³-hybridized carbons (Fsp3) is 0.529. The molecule has 6 heteroatoms. The molecule has 126 valence electrons.